The second-order valence-corrected chi connectivity index (χ2v) is 7.29. The maximum atomic E-state index is 12.2. The van der Waals surface area contributed by atoms with E-state index in [9.17, 15) is 4.79 Å². The van der Waals surface area contributed by atoms with Crippen LogP contribution in [0.2, 0.25) is 0 Å². The fourth-order valence-corrected chi connectivity index (χ4v) is 3.76. The largest absolute Gasteiger partial charge is 0.356 e. The van der Waals surface area contributed by atoms with E-state index in [0.29, 0.717) is 13.0 Å². The quantitative estimate of drug-likeness (QED) is 0.622. The zero-order valence-electron chi connectivity index (χ0n) is 15.5. The summed E-state index contributed by atoms with van der Waals surface area (Å²) in [6.45, 7) is 7.17. The van der Waals surface area contributed by atoms with E-state index >= 15 is 0 Å². The molecule has 8 heteroatoms. The van der Waals surface area contributed by atoms with Crippen LogP contribution in [0.3, 0.4) is 0 Å². The molecular formula is C17H37Cl3N4O. The molecule has 2 aliphatic rings. The molecule has 0 spiro atoms. The summed E-state index contributed by atoms with van der Waals surface area (Å²) in [5, 5.41) is 3.11. The van der Waals surface area contributed by atoms with Crippen molar-refractivity contribution >= 4 is 43.1 Å². The first kappa shape index (κ1) is 27.4. The van der Waals surface area contributed by atoms with Gasteiger partial charge >= 0.3 is 0 Å². The van der Waals surface area contributed by atoms with Crippen molar-refractivity contribution in [3.05, 3.63) is 0 Å². The van der Waals surface area contributed by atoms with Crippen LogP contribution in [0.4, 0.5) is 0 Å². The van der Waals surface area contributed by atoms with E-state index < -0.39 is 0 Å². The lowest BCUT2D eigenvalue weighted by atomic mass is 9.71. The van der Waals surface area contributed by atoms with Crippen molar-refractivity contribution in [3.63, 3.8) is 0 Å². The molecule has 1 aliphatic heterocycles. The van der Waals surface area contributed by atoms with E-state index in [1.165, 1.54) is 19.3 Å². The van der Waals surface area contributed by atoms with Gasteiger partial charge in [-0.15, -0.1) is 37.2 Å². The van der Waals surface area contributed by atoms with Gasteiger partial charge in [0.2, 0.25) is 5.91 Å². The Morgan fingerprint density at radius 1 is 1.04 bits per heavy atom. The molecule has 0 bridgehead atoms. The van der Waals surface area contributed by atoms with Gasteiger partial charge in [-0.1, -0.05) is 19.3 Å². The Morgan fingerprint density at radius 2 is 1.64 bits per heavy atom. The predicted octanol–water partition coefficient (Wildman–Crippen LogP) is 2.30. The van der Waals surface area contributed by atoms with Crippen LogP contribution >= 0.6 is 37.2 Å². The van der Waals surface area contributed by atoms with E-state index in [2.05, 4.69) is 22.2 Å². The Kier molecular flexibility index (Phi) is 15.7. The summed E-state index contributed by atoms with van der Waals surface area (Å²) < 4.78 is 0. The predicted molar refractivity (Wildman–Crippen MR) is 112 cm³/mol. The zero-order chi connectivity index (χ0) is 15.8. The highest BCUT2D eigenvalue weighted by Gasteiger charge is 2.32. The first-order valence-corrected chi connectivity index (χ1v) is 9.01. The first-order valence-electron chi connectivity index (χ1n) is 9.01. The highest BCUT2D eigenvalue weighted by molar-refractivity contribution is 5.86. The maximum absolute atomic E-state index is 12.2. The van der Waals surface area contributed by atoms with Crippen molar-refractivity contribution in [2.24, 2.45) is 11.1 Å². The first-order chi connectivity index (χ1) is 10.6. The van der Waals surface area contributed by atoms with Gasteiger partial charge in [-0.25, -0.2) is 0 Å². The summed E-state index contributed by atoms with van der Waals surface area (Å²) in [5.74, 6) is 0.200. The number of nitrogens with one attached hydrogen (secondary N) is 1. The number of hydrogen-bond acceptors (Lipinski definition) is 4. The smallest absolute Gasteiger partial charge is 0.220 e. The Hall–Kier alpha value is 0.220. The molecule has 152 valence electrons. The van der Waals surface area contributed by atoms with Gasteiger partial charge in [-0.3, -0.25) is 4.79 Å². The minimum atomic E-state index is 0. The molecule has 1 amide bonds. The summed E-state index contributed by atoms with van der Waals surface area (Å²) in [6.07, 6.45) is 7.68. The molecule has 0 unspecified atom stereocenters. The van der Waals surface area contributed by atoms with E-state index in [-0.39, 0.29) is 48.5 Å². The summed E-state index contributed by atoms with van der Waals surface area (Å²) >= 11 is 0. The molecule has 1 saturated heterocycles. The number of rotatable bonds is 7. The van der Waals surface area contributed by atoms with Crippen LogP contribution in [0.5, 0.6) is 0 Å². The Labute approximate surface area is 172 Å². The molecule has 0 radical (unpaired) electrons. The molecule has 1 heterocycles. The maximum Gasteiger partial charge on any atom is 0.220 e. The molecule has 2 fully saturated rings. The van der Waals surface area contributed by atoms with Crippen LogP contribution in [0.1, 0.15) is 44.9 Å². The highest BCUT2D eigenvalue weighted by atomic mass is 35.5. The number of piperazine rings is 1. The van der Waals surface area contributed by atoms with E-state index in [1.54, 1.807) is 0 Å². The lowest BCUT2D eigenvalue weighted by molar-refractivity contribution is -0.123. The normalized spacial score (nSPS) is 20.6. The molecule has 1 saturated carbocycles. The number of carbonyl (C=O) groups excluding carboxylic acids is 1. The van der Waals surface area contributed by atoms with Gasteiger partial charge < -0.3 is 20.9 Å². The van der Waals surface area contributed by atoms with Gasteiger partial charge in [0.1, 0.15) is 0 Å². The minimum Gasteiger partial charge on any atom is -0.356 e. The van der Waals surface area contributed by atoms with Gasteiger partial charge in [0.25, 0.3) is 0 Å². The number of nitrogens with zero attached hydrogens (tertiary/aromatic N) is 2. The van der Waals surface area contributed by atoms with Gasteiger partial charge in [0.05, 0.1) is 0 Å². The van der Waals surface area contributed by atoms with E-state index in [1.807, 2.05) is 0 Å². The molecule has 2 rings (SSSR count). The number of nitrogens with two attached hydrogens (primary N) is 1. The van der Waals surface area contributed by atoms with Gasteiger partial charge in [-0.05, 0) is 44.8 Å². The summed E-state index contributed by atoms with van der Waals surface area (Å²) in [4.78, 5) is 17.0. The Morgan fingerprint density at radius 3 is 2.20 bits per heavy atom. The van der Waals surface area contributed by atoms with Gasteiger partial charge in [-0.2, -0.15) is 0 Å². The summed E-state index contributed by atoms with van der Waals surface area (Å²) in [7, 11) is 2.18. The fraction of sp³-hybridized carbons (Fsp3) is 0.941. The molecule has 0 aromatic carbocycles. The van der Waals surface area contributed by atoms with Crippen molar-refractivity contribution in [1.29, 1.82) is 0 Å². The summed E-state index contributed by atoms with van der Waals surface area (Å²) in [6, 6.07) is 0. The fourth-order valence-electron chi connectivity index (χ4n) is 3.76. The Bertz CT molecular complexity index is 347. The molecule has 1 aliphatic carbocycles. The van der Waals surface area contributed by atoms with Crippen LogP contribution < -0.4 is 11.1 Å². The van der Waals surface area contributed by atoms with Crippen LogP contribution in [0.15, 0.2) is 0 Å². The third-order valence-electron chi connectivity index (χ3n) is 5.45. The van der Waals surface area contributed by atoms with Crippen LogP contribution in [0.25, 0.3) is 0 Å². The van der Waals surface area contributed by atoms with Gasteiger partial charge in [0, 0.05) is 39.1 Å². The molecule has 0 aromatic heterocycles. The third-order valence-corrected chi connectivity index (χ3v) is 5.45. The molecule has 0 atom stereocenters. The van der Waals surface area contributed by atoms with Crippen molar-refractivity contribution in [1.82, 2.24) is 15.1 Å². The second-order valence-electron chi connectivity index (χ2n) is 7.29. The van der Waals surface area contributed by atoms with Gasteiger partial charge in [0.15, 0.2) is 0 Å². The number of hydrogen-bond donors (Lipinski definition) is 2. The van der Waals surface area contributed by atoms with Crippen molar-refractivity contribution in [3.8, 4) is 0 Å². The van der Waals surface area contributed by atoms with E-state index in [4.69, 9.17) is 5.73 Å². The van der Waals surface area contributed by atoms with Crippen LogP contribution in [0, 0.1) is 5.41 Å². The van der Waals surface area contributed by atoms with Crippen molar-refractivity contribution in [2.75, 3.05) is 52.9 Å². The SMILES string of the molecule is CN1CCN(CCCNC(=O)CC2(CN)CCCCC2)CC1.Cl.Cl.Cl. The molecule has 25 heavy (non-hydrogen) atoms. The number of halogens is 3. The number of amides is 1. The number of carbonyl (C=O) groups is 1. The Balaban J connectivity index is 0. The third kappa shape index (κ3) is 9.64. The van der Waals surface area contributed by atoms with Crippen molar-refractivity contribution in [2.45, 2.75) is 44.9 Å². The lowest BCUT2D eigenvalue weighted by Gasteiger charge is -2.35. The second kappa shape index (κ2) is 14.3. The van der Waals surface area contributed by atoms with Crippen LogP contribution in [-0.4, -0.2) is 68.6 Å². The topological polar surface area (TPSA) is 61.6 Å². The van der Waals surface area contributed by atoms with Crippen molar-refractivity contribution < 1.29 is 4.79 Å². The number of likely N-dealkylation sites (N-methyl/N-ethyl adjacent to an activating group) is 1. The molecular weight excluding hydrogens is 383 g/mol. The average molecular weight is 420 g/mol. The summed E-state index contributed by atoms with van der Waals surface area (Å²) in [5.41, 5.74) is 6.04. The highest BCUT2D eigenvalue weighted by Crippen LogP contribution is 2.38. The van der Waals surface area contributed by atoms with E-state index in [0.717, 1.165) is 58.5 Å². The molecule has 3 N–H and O–H groups in total. The molecule has 5 nitrogen and oxygen atoms in total. The monoisotopic (exact) mass is 418 g/mol. The lowest BCUT2D eigenvalue weighted by Crippen LogP contribution is -2.45. The zero-order valence-corrected chi connectivity index (χ0v) is 18.0. The minimum absolute atomic E-state index is 0. The standard InChI is InChI=1S/C17H34N4O.3ClH/c1-20-10-12-21(13-11-20)9-5-8-19-16(22)14-17(15-18)6-3-2-4-7-17;;;/h2-15,18H2,1H3,(H,19,22);3*1H. The average Bonchev–Trinajstić information content (AvgIpc) is 2.54. The molecule has 0 aromatic rings. The van der Waals surface area contributed by atoms with Crippen LogP contribution in [-0.2, 0) is 4.79 Å².